The van der Waals surface area contributed by atoms with E-state index < -0.39 is 16.0 Å². The van der Waals surface area contributed by atoms with Crippen LogP contribution in [0.25, 0.3) is 21.7 Å². The molecule has 186 valence electrons. The lowest BCUT2D eigenvalue weighted by Crippen LogP contribution is -2.34. The average Bonchev–Trinajstić information content (AvgIpc) is 3.49. The number of benzene rings is 2. The van der Waals surface area contributed by atoms with E-state index in [1.165, 1.54) is 28.8 Å². The van der Waals surface area contributed by atoms with Gasteiger partial charge >= 0.3 is 5.97 Å². The fourth-order valence-electron chi connectivity index (χ4n) is 4.28. The number of morpholine rings is 1. The molecule has 0 atom stereocenters. The van der Waals surface area contributed by atoms with E-state index in [-0.39, 0.29) is 10.6 Å². The first-order chi connectivity index (χ1) is 17.2. The Balaban J connectivity index is 1.57. The van der Waals surface area contributed by atoms with Crippen LogP contribution in [0.3, 0.4) is 0 Å². The summed E-state index contributed by atoms with van der Waals surface area (Å²) in [4.78, 5) is 17.9. The van der Waals surface area contributed by atoms with Crippen molar-refractivity contribution >= 4 is 43.9 Å². The van der Waals surface area contributed by atoms with Gasteiger partial charge in [0.05, 0.1) is 23.6 Å². The number of aromatic carboxylic acids is 1. The highest BCUT2D eigenvalue weighted by Gasteiger charge is 2.19. The van der Waals surface area contributed by atoms with Crippen LogP contribution in [0, 0.1) is 0 Å². The summed E-state index contributed by atoms with van der Waals surface area (Å²) in [6.07, 6.45) is 2.48. The molecule has 1 fully saturated rings. The molecule has 11 heteroatoms. The number of fused-ring (bicyclic) bond motifs is 1. The van der Waals surface area contributed by atoms with E-state index in [0.29, 0.717) is 24.8 Å². The van der Waals surface area contributed by atoms with Crippen LogP contribution in [0.5, 0.6) is 0 Å². The van der Waals surface area contributed by atoms with E-state index in [2.05, 4.69) is 22.5 Å². The number of thiazole rings is 1. The van der Waals surface area contributed by atoms with Gasteiger partial charge in [0.15, 0.2) is 10.8 Å². The molecule has 36 heavy (non-hydrogen) atoms. The summed E-state index contributed by atoms with van der Waals surface area (Å²) >= 11 is 1.25. The number of aromatic nitrogens is 2. The summed E-state index contributed by atoms with van der Waals surface area (Å²) in [7, 11) is -3.77. The van der Waals surface area contributed by atoms with Crippen LogP contribution in [0.4, 0.5) is 0 Å². The monoisotopic (exact) mass is 524 g/mol. The Hall–Kier alpha value is -3.51. The Morgan fingerprint density at radius 2 is 1.89 bits per heavy atom. The summed E-state index contributed by atoms with van der Waals surface area (Å²) in [6, 6.07) is 12.6. The topological polar surface area (TPSA) is 128 Å². The lowest BCUT2D eigenvalue weighted by atomic mass is 10.0. The molecule has 4 aromatic rings. The fourth-order valence-corrected chi connectivity index (χ4v) is 5.58. The maximum Gasteiger partial charge on any atom is 0.355 e. The van der Waals surface area contributed by atoms with Gasteiger partial charge in [0.2, 0.25) is 10.0 Å². The number of carbonyl (C=O) groups is 1. The number of nitrogens with two attached hydrogens (primary N) is 1. The number of carboxylic acid groups (broad SMARTS) is 1. The predicted molar refractivity (Wildman–Crippen MR) is 138 cm³/mol. The highest BCUT2D eigenvalue weighted by atomic mass is 32.2. The molecule has 0 spiro atoms. The van der Waals surface area contributed by atoms with Gasteiger partial charge < -0.3 is 14.7 Å². The van der Waals surface area contributed by atoms with Crippen LogP contribution in [-0.2, 0) is 21.2 Å². The largest absolute Gasteiger partial charge is 0.476 e. The van der Waals surface area contributed by atoms with Crippen LogP contribution in [0.15, 0.2) is 65.5 Å². The molecule has 0 amide bonds. The Labute approximate surface area is 212 Å². The standard InChI is InChI=1S/C25H24N4O5S2/c1-16(28-8-10-34-11-9-28)18-4-7-23-21(13-18)19(12-17-2-5-20(6-3-17)36(26,32)33)14-29(23)25-27-22(15-35-25)24(30)31/h2-7,13-15H,1,8-12H2,(H,30,31)(H2,26,32,33). The third-order valence-corrected chi connectivity index (χ3v) is 7.95. The molecule has 3 N–H and O–H groups in total. The van der Waals surface area contributed by atoms with Gasteiger partial charge in [-0.3, -0.25) is 4.57 Å². The Morgan fingerprint density at radius 1 is 1.17 bits per heavy atom. The number of ether oxygens (including phenoxy) is 1. The Bertz CT molecular complexity index is 1570. The summed E-state index contributed by atoms with van der Waals surface area (Å²) < 4.78 is 30.6. The first-order valence-electron chi connectivity index (χ1n) is 11.2. The average molecular weight is 525 g/mol. The molecule has 1 aliphatic heterocycles. The fraction of sp³-hybridized carbons (Fsp3) is 0.200. The second kappa shape index (κ2) is 9.51. The van der Waals surface area contributed by atoms with E-state index in [4.69, 9.17) is 9.88 Å². The van der Waals surface area contributed by atoms with Gasteiger partial charge in [-0.1, -0.05) is 24.8 Å². The van der Waals surface area contributed by atoms with Gasteiger partial charge in [-0.2, -0.15) is 0 Å². The van der Waals surface area contributed by atoms with Crippen molar-refractivity contribution in [1.82, 2.24) is 14.5 Å². The van der Waals surface area contributed by atoms with Gasteiger partial charge in [-0.25, -0.2) is 23.3 Å². The van der Waals surface area contributed by atoms with E-state index in [9.17, 15) is 18.3 Å². The molecule has 2 aromatic heterocycles. The molecule has 1 saturated heterocycles. The lowest BCUT2D eigenvalue weighted by molar-refractivity contribution is 0.0641. The number of rotatable bonds is 7. The molecule has 0 bridgehead atoms. The van der Waals surface area contributed by atoms with Crippen LogP contribution in [0.1, 0.15) is 27.2 Å². The van der Waals surface area contributed by atoms with Gasteiger partial charge in [-0.05, 0) is 47.4 Å². The highest BCUT2D eigenvalue weighted by Crippen LogP contribution is 2.31. The number of sulfonamides is 1. The molecule has 0 aliphatic carbocycles. The van der Waals surface area contributed by atoms with Crippen LogP contribution in [-0.4, -0.2) is 60.2 Å². The number of primary sulfonamides is 1. The first kappa shape index (κ1) is 24.2. The summed E-state index contributed by atoms with van der Waals surface area (Å²) in [5.74, 6) is -1.08. The maximum absolute atomic E-state index is 11.6. The van der Waals surface area contributed by atoms with Crippen molar-refractivity contribution in [2.24, 2.45) is 5.14 Å². The molecule has 0 unspecified atom stereocenters. The molecular formula is C25H24N4O5S2. The third-order valence-electron chi connectivity index (χ3n) is 6.18. The highest BCUT2D eigenvalue weighted by molar-refractivity contribution is 7.89. The van der Waals surface area contributed by atoms with Crippen LogP contribution in [0.2, 0.25) is 0 Å². The lowest BCUT2D eigenvalue weighted by Gasteiger charge is -2.30. The summed E-state index contributed by atoms with van der Waals surface area (Å²) in [6.45, 7) is 7.18. The van der Waals surface area contributed by atoms with Crippen molar-refractivity contribution in [2.45, 2.75) is 11.3 Å². The van der Waals surface area contributed by atoms with Gasteiger partial charge in [0, 0.05) is 35.7 Å². The normalized spacial score (nSPS) is 14.3. The predicted octanol–water partition coefficient (Wildman–Crippen LogP) is 3.33. The zero-order valence-electron chi connectivity index (χ0n) is 19.3. The smallest absolute Gasteiger partial charge is 0.355 e. The number of carboxylic acids is 1. The molecular weight excluding hydrogens is 500 g/mol. The van der Waals surface area contributed by atoms with E-state index in [0.717, 1.165) is 46.4 Å². The van der Waals surface area contributed by atoms with Crippen molar-refractivity contribution in [3.05, 3.63) is 83.0 Å². The third kappa shape index (κ3) is 4.78. The Morgan fingerprint density at radius 3 is 2.53 bits per heavy atom. The summed E-state index contributed by atoms with van der Waals surface area (Å²) in [5, 5.41) is 17.6. The van der Waals surface area contributed by atoms with Crippen molar-refractivity contribution in [3.8, 4) is 5.13 Å². The molecule has 0 saturated carbocycles. The van der Waals surface area contributed by atoms with Crippen LogP contribution < -0.4 is 5.14 Å². The number of nitrogens with zero attached hydrogens (tertiary/aromatic N) is 3. The molecule has 3 heterocycles. The van der Waals surface area contributed by atoms with E-state index >= 15 is 0 Å². The van der Waals surface area contributed by atoms with Crippen LogP contribution >= 0.6 is 11.3 Å². The van der Waals surface area contributed by atoms with Crippen molar-refractivity contribution in [1.29, 1.82) is 0 Å². The zero-order chi connectivity index (χ0) is 25.4. The quantitative estimate of drug-likeness (QED) is 0.380. The minimum atomic E-state index is -3.77. The summed E-state index contributed by atoms with van der Waals surface area (Å²) in [5.41, 5.74) is 4.67. The molecule has 1 aliphatic rings. The maximum atomic E-state index is 11.6. The van der Waals surface area contributed by atoms with Crippen molar-refractivity contribution < 1.29 is 23.1 Å². The number of hydrogen-bond acceptors (Lipinski definition) is 7. The van der Waals surface area contributed by atoms with E-state index in [1.54, 1.807) is 12.1 Å². The number of hydrogen-bond donors (Lipinski definition) is 2. The molecule has 0 radical (unpaired) electrons. The van der Waals surface area contributed by atoms with Crippen molar-refractivity contribution in [3.63, 3.8) is 0 Å². The second-order valence-corrected chi connectivity index (χ2v) is 10.9. The van der Waals surface area contributed by atoms with E-state index in [1.807, 2.05) is 22.9 Å². The Kier molecular flexibility index (Phi) is 6.39. The molecule has 5 rings (SSSR count). The second-order valence-electron chi connectivity index (χ2n) is 8.49. The molecule has 9 nitrogen and oxygen atoms in total. The van der Waals surface area contributed by atoms with Gasteiger partial charge in [0.1, 0.15) is 0 Å². The van der Waals surface area contributed by atoms with Gasteiger partial charge in [0.25, 0.3) is 0 Å². The molecule has 2 aromatic carbocycles. The van der Waals surface area contributed by atoms with Gasteiger partial charge in [-0.15, -0.1) is 11.3 Å². The SMILES string of the molecule is C=C(c1ccc2c(c1)c(Cc1ccc(S(N)(=O)=O)cc1)cn2-c1nc(C(=O)O)cs1)N1CCOCC1. The minimum absolute atomic E-state index is 0.00528. The minimum Gasteiger partial charge on any atom is -0.476 e. The zero-order valence-corrected chi connectivity index (χ0v) is 20.9. The van der Waals surface area contributed by atoms with Crippen molar-refractivity contribution in [2.75, 3.05) is 26.3 Å². The first-order valence-corrected chi connectivity index (χ1v) is 13.6.